The van der Waals surface area contributed by atoms with Gasteiger partial charge in [-0.15, -0.1) is 6.58 Å². The SMILES string of the molecule is C=CCN1C(=O)c2oc3cc(C)c(C)cc3c(=O)c2C1c1ccc(C)cc1. The smallest absolute Gasteiger partial charge is 0.291 e. The molecule has 4 rings (SSSR count). The summed E-state index contributed by atoms with van der Waals surface area (Å²) in [4.78, 5) is 28.0. The van der Waals surface area contributed by atoms with E-state index in [-0.39, 0.29) is 17.1 Å². The quantitative estimate of drug-likeness (QED) is 0.649. The summed E-state index contributed by atoms with van der Waals surface area (Å²) in [7, 11) is 0. The van der Waals surface area contributed by atoms with Gasteiger partial charge in [0, 0.05) is 6.54 Å². The monoisotopic (exact) mass is 359 g/mol. The highest BCUT2D eigenvalue weighted by atomic mass is 16.3. The maximum absolute atomic E-state index is 13.4. The Labute approximate surface area is 157 Å². The Balaban J connectivity index is 2.03. The van der Waals surface area contributed by atoms with Crippen molar-refractivity contribution in [3.05, 3.63) is 92.9 Å². The molecular weight excluding hydrogens is 338 g/mol. The zero-order valence-electron chi connectivity index (χ0n) is 15.7. The maximum atomic E-state index is 13.4. The number of hydrogen-bond acceptors (Lipinski definition) is 3. The molecule has 1 atom stereocenters. The molecule has 0 N–H and O–H groups in total. The Bertz CT molecular complexity index is 1140. The number of fused-ring (bicyclic) bond motifs is 2. The van der Waals surface area contributed by atoms with Crippen LogP contribution in [0.2, 0.25) is 0 Å². The Hall–Kier alpha value is -3.14. The van der Waals surface area contributed by atoms with Crippen LogP contribution in [0.1, 0.15) is 44.4 Å². The summed E-state index contributed by atoms with van der Waals surface area (Å²) in [6, 6.07) is 11.1. The number of benzene rings is 2. The molecule has 1 aromatic heterocycles. The van der Waals surface area contributed by atoms with E-state index >= 15 is 0 Å². The van der Waals surface area contributed by atoms with E-state index in [4.69, 9.17) is 4.42 Å². The molecular formula is C23H21NO3. The molecule has 27 heavy (non-hydrogen) atoms. The lowest BCUT2D eigenvalue weighted by atomic mass is 9.97. The number of rotatable bonds is 3. The van der Waals surface area contributed by atoms with Gasteiger partial charge in [0.05, 0.1) is 17.0 Å². The average Bonchev–Trinajstić information content (AvgIpc) is 2.91. The molecule has 4 heteroatoms. The van der Waals surface area contributed by atoms with Crippen molar-refractivity contribution in [1.29, 1.82) is 0 Å². The fraction of sp³-hybridized carbons (Fsp3) is 0.217. The molecule has 136 valence electrons. The number of nitrogens with zero attached hydrogens (tertiary/aromatic N) is 1. The lowest BCUT2D eigenvalue weighted by Crippen LogP contribution is -2.29. The molecule has 0 fully saturated rings. The molecule has 0 saturated carbocycles. The van der Waals surface area contributed by atoms with Crippen LogP contribution < -0.4 is 5.43 Å². The van der Waals surface area contributed by atoms with E-state index in [2.05, 4.69) is 6.58 Å². The van der Waals surface area contributed by atoms with Gasteiger partial charge in [0.25, 0.3) is 5.91 Å². The summed E-state index contributed by atoms with van der Waals surface area (Å²) in [5.41, 5.74) is 4.79. The van der Waals surface area contributed by atoms with Gasteiger partial charge in [0.2, 0.25) is 5.76 Å². The number of aryl methyl sites for hydroxylation is 3. The molecule has 4 nitrogen and oxygen atoms in total. The van der Waals surface area contributed by atoms with Crippen LogP contribution in [0, 0.1) is 20.8 Å². The van der Waals surface area contributed by atoms with E-state index in [0.29, 0.717) is 23.1 Å². The highest BCUT2D eigenvalue weighted by Crippen LogP contribution is 2.38. The average molecular weight is 359 g/mol. The third-order valence-corrected chi connectivity index (χ3v) is 5.30. The van der Waals surface area contributed by atoms with Crippen molar-refractivity contribution in [1.82, 2.24) is 4.90 Å². The first-order chi connectivity index (χ1) is 12.9. The van der Waals surface area contributed by atoms with Crippen molar-refractivity contribution in [2.45, 2.75) is 26.8 Å². The van der Waals surface area contributed by atoms with Gasteiger partial charge in [0.15, 0.2) is 5.43 Å². The molecule has 0 radical (unpaired) electrons. The van der Waals surface area contributed by atoms with Gasteiger partial charge in [-0.05, 0) is 49.6 Å². The van der Waals surface area contributed by atoms with Crippen molar-refractivity contribution in [2.75, 3.05) is 6.54 Å². The third-order valence-electron chi connectivity index (χ3n) is 5.30. The van der Waals surface area contributed by atoms with Crippen molar-refractivity contribution in [3.63, 3.8) is 0 Å². The van der Waals surface area contributed by atoms with E-state index in [1.54, 1.807) is 11.0 Å². The van der Waals surface area contributed by atoms with Crippen molar-refractivity contribution in [3.8, 4) is 0 Å². The van der Waals surface area contributed by atoms with Gasteiger partial charge in [-0.1, -0.05) is 35.9 Å². The first-order valence-electron chi connectivity index (χ1n) is 8.98. The van der Waals surface area contributed by atoms with E-state index < -0.39 is 6.04 Å². The Morgan fingerprint density at radius 1 is 1.07 bits per heavy atom. The molecule has 0 spiro atoms. The second-order valence-electron chi connectivity index (χ2n) is 7.17. The van der Waals surface area contributed by atoms with E-state index in [1.165, 1.54) is 0 Å². The molecule has 0 aliphatic carbocycles. The molecule has 1 amide bonds. The first-order valence-corrected chi connectivity index (χ1v) is 8.98. The van der Waals surface area contributed by atoms with Gasteiger partial charge in [-0.3, -0.25) is 9.59 Å². The number of carbonyl (C=O) groups is 1. The van der Waals surface area contributed by atoms with Gasteiger partial charge >= 0.3 is 0 Å². The fourth-order valence-corrected chi connectivity index (χ4v) is 3.70. The van der Waals surface area contributed by atoms with Crippen LogP contribution in [0.3, 0.4) is 0 Å². The molecule has 1 aliphatic rings. The lowest BCUT2D eigenvalue weighted by molar-refractivity contribution is 0.0748. The first kappa shape index (κ1) is 17.3. The van der Waals surface area contributed by atoms with Crippen LogP contribution in [0.15, 0.2) is 58.3 Å². The fourth-order valence-electron chi connectivity index (χ4n) is 3.70. The van der Waals surface area contributed by atoms with Gasteiger partial charge in [-0.2, -0.15) is 0 Å². The molecule has 2 heterocycles. The Morgan fingerprint density at radius 2 is 1.74 bits per heavy atom. The molecule has 3 aromatic rings. The van der Waals surface area contributed by atoms with Gasteiger partial charge < -0.3 is 9.32 Å². The second-order valence-corrected chi connectivity index (χ2v) is 7.17. The van der Waals surface area contributed by atoms with Gasteiger partial charge in [-0.25, -0.2) is 0 Å². The molecule has 0 bridgehead atoms. The van der Waals surface area contributed by atoms with E-state index in [1.807, 2.05) is 57.2 Å². The normalized spacial score (nSPS) is 16.0. The molecule has 1 unspecified atom stereocenters. The summed E-state index contributed by atoms with van der Waals surface area (Å²) < 4.78 is 5.96. The van der Waals surface area contributed by atoms with E-state index in [9.17, 15) is 9.59 Å². The zero-order valence-corrected chi connectivity index (χ0v) is 15.7. The summed E-state index contributed by atoms with van der Waals surface area (Å²) >= 11 is 0. The van der Waals surface area contributed by atoms with Crippen LogP contribution in [-0.4, -0.2) is 17.4 Å². The third kappa shape index (κ3) is 2.60. The second kappa shape index (κ2) is 6.23. The van der Waals surface area contributed by atoms with Crippen LogP contribution >= 0.6 is 0 Å². The van der Waals surface area contributed by atoms with Crippen LogP contribution in [-0.2, 0) is 0 Å². The Morgan fingerprint density at radius 3 is 2.41 bits per heavy atom. The molecule has 2 aromatic carbocycles. The standard InChI is InChI=1S/C23H21NO3/c1-5-10-24-20(16-8-6-13(2)7-9-16)19-21(25)17-11-14(3)15(4)12-18(17)27-22(19)23(24)26/h5-9,11-12,20H,1,10H2,2-4H3. The van der Waals surface area contributed by atoms with Crippen molar-refractivity contribution in [2.24, 2.45) is 0 Å². The summed E-state index contributed by atoms with van der Waals surface area (Å²) in [5.74, 6) is -0.129. The minimum absolute atomic E-state index is 0.139. The van der Waals surface area contributed by atoms with Crippen molar-refractivity contribution < 1.29 is 9.21 Å². The maximum Gasteiger partial charge on any atom is 0.291 e. The topological polar surface area (TPSA) is 50.5 Å². The van der Waals surface area contributed by atoms with E-state index in [0.717, 1.165) is 22.3 Å². The van der Waals surface area contributed by atoms with Crippen LogP contribution in [0.5, 0.6) is 0 Å². The Kier molecular flexibility index (Phi) is 3.99. The minimum atomic E-state index is -0.464. The number of hydrogen-bond donors (Lipinski definition) is 0. The highest BCUT2D eigenvalue weighted by Gasteiger charge is 2.42. The molecule has 1 aliphatic heterocycles. The largest absolute Gasteiger partial charge is 0.450 e. The zero-order chi connectivity index (χ0) is 19.3. The van der Waals surface area contributed by atoms with Crippen molar-refractivity contribution >= 4 is 16.9 Å². The summed E-state index contributed by atoms with van der Waals surface area (Å²) in [6.07, 6.45) is 1.67. The number of carbonyl (C=O) groups excluding carboxylic acids is 1. The summed E-state index contributed by atoms with van der Waals surface area (Å²) in [6.45, 7) is 10.0. The lowest BCUT2D eigenvalue weighted by Gasteiger charge is -2.23. The van der Waals surface area contributed by atoms with Gasteiger partial charge in [0.1, 0.15) is 5.58 Å². The molecule has 0 saturated heterocycles. The predicted octanol–water partition coefficient (Wildman–Crippen LogP) is 4.45. The van der Waals surface area contributed by atoms with Crippen LogP contribution in [0.4, 0.5) is 0 Å². The number of amides is 1. The summed E-state index contributed by atoms with van der Waals surface area (Å²) in [5, 5.41) is 0.516. The predicted molar refractivity (Wildman–Crippen MR) is 106 cm³/mol. The highest BCUT2D eigenvalue weighted by molar-refractivity contribution is 5.99. The minimum Gasteiger partial charge on any atom is -0.450 e. The van der Waals surface area contributed by atoms with Crippen LogP contribution in [0.25, 0.3) is 11.0 Å².